The summed E-state index contributed by atoms with van der Waals surface area (Å²) in [5.41, 5.74) is 4.44. The number of allylic oxidation sites excluding steroid dienone is 3. The van der Waals surface area contributed by atoms with Gasteiger partial charge in [0.05, 0.1) is 0 Å². The first-order valence-corrected chi connectivity index (χ1v) is 6.48. The van der Waals surface area contributed by atoms with Crippen LogP contribution < -0.4 is 0 Å². The molecular weight excluding hydrogens is 220 g/mol. The van der Waals surface area contributed by atoms with Crippen molar-refractivity contribution in [3.8, 4) is 0 Å². The monoisotopic (exact) mass is 240 g/mol. The fourth-order valence-corrected chi connectivity index (χ4v) is 2.61. The van der Waals surface area contributed by atoms with E-state index in [0.717, 1.165) is 12.0 Å². The van der Waals surface area contributed by atoms with Crippen LogP contribution in [0.15, 0.2) is 36.9 Å². The van der Waals surface area contributed by atoms with E-state index >= 15 is 0 Å². The molecule has 0 aromatic heterocycles. The van der Waals surface area contributed by atoms with Gasteiger partial charge < -0.3 is 0 Å². The molecule has 18 heavy (non-hydrogen) atoms. The summed E-state index contributed by atoms with van der Waals surface area (Å²) < 4.78 is 0. The molecule has 0 heterocycles. The molecule has 0 aliphatic heterocycles. The van der Waals surface area contributed by atoms with Crippen LogP contribution in [0.5, 0.6) is 0 Å². The Morgan fingerprint density at radius 3 is 2.44 bits per heavy atom. The Hall–Kier alpha value is -1.63. The minimum atomic E-state index is -0.293. The van der Waals surface area contributed by atoms with Crippen molar-refractivity contribution in [3.63, 3.8) is 0 Å². The van der Waals surface area contributed by atoms with E-state index in [0.29, 0.717) is 12.2 Å². The van der Waals surface area contributed by atoms with Crippen LogP contribution in [0.2, 0.25) is 0 Å². The summed E-state index contributed by atoms with van der Waals surface area (Å²) >= 11 is 0. The van der Waals surface area contributed by atoms with Crippen LogP contribution in [-0.4, -0.2) is 5.78 Å². The molecule has 0 amide bonds. The first kappa shape index (κ1) is 12.8. The second kappa shape index (κ2) is 4.56. The van der Waals surface area contributed by atoms with E-state index in [1.54, 1.807) is 0 Å². The van der Waals surface area contributed by atoms with Crippen molar-refractivity contribution >= 4 is 16.9 Å². The highest BCUT2D eigenvalue weighted by Gasteiger charge is 2.29. The van der Waals surface area contributed by atoms with Crippen LogP contribution in [0, 0.1) is 5.41 Å². The zero-order chi connectivity index (χ0) is 13.3. The summed E-state index contributed by atoms with van der Waals surface area (Å²) in [6, 6.07) is 8.28. The van der Waals surface area contributed by atoms with Crippen molar-refractivity contribution < 1.29 is 4.79 Å². The Kier molecular flexibility index (Phi) is 3.25. The molecule has 1 heteroatoms. The fourth-order valence-electron chi connectivity index (χ4n) is 2.61. The van der Waals surface area contributed by atoms with Gasteiger partial charge in [0.15, 0.2) is 0 Å². The first-order chi connectivity index (χ1) is 8.45. The highest BCUT2D eigenvalue weighted by Crippen LogP contribution is 2.41. The van der Waals surface area contributed by atoms with Crippen LogP contribution in [0.4, 0.5) is 0 Å². The molecule has 0 unspecified atom stereocenters. The molecule has 0 saturated heterocycles. The minimum absolute atomic E-state index is 0.293. The van der Waals surface area contributed by atoms with Crippen LogP contribution in [-0.2, 0) is 4.79 Å². The Bertz CT molecular complexity index is 532. The molecule has 0 N–H and O–H groups in total. The fraction of sp³-hybridized carbons (Fsp3) is 0.353. The van der Waals surface area contributed by atoms with Crippen molar-refractivity contribution in [2.24, 2.45) is 5.41 Å². The van der Waals surface area contributed by atoms with E-state index in [9.17, 15) is 4.79 Å². The van der Waals surface area contributed by atoms with Crippen LogP contribution in [0.1, 0.15) is 44.7 Å². The van der Waals surface area contributed by atoms with Gasteiger partial charge in [-0.25, -0.2) is 0 Å². The topological polar surface area (TPSA) is 17.1 Å². The zero-order valence-electron chi connectivity index (χ0n) is 11.4. The Morgan fingerprint density at radius 1 is 1.22 bits per heavy atom. The van der Waals surface area contributed by atoms with Gasteiger partial charge in [0.25, 0.3) is 0 Å². The maximum absolute atomic E-state index is 12.0. The van der Waals surface area contributed by atoms with Gasteiger partial charge in [-0.2, -0.15) is 0 Å². The lowest BCUT2D eigenvalue weighted by atomic mass is 9.79. The highest BCUT2D eigenvalue weighted by atomic mass is 16.1. The standard InChI is InChI=1S/C17H20O/c1-5-16(18)17(3,4)11-13-10-12(2)14-8-6-7-9-15(13)14/h6-10H,2,5,11H2,1,3-4H3. The summed E-state index contributed by atoms with van der Waals surface area (Å²) in [5, 5.41) is 0. The quantitative estimate of drug-likeness (QED) is 0.757. The molecule has 0 radical (unpaired) electrons. The summed E-state index contributed by atoms with van der Waals surface area (Å²) in [6.45, 7) is 10.1. The Labute approximate surface area is 109 Å². The van der Waals surface area contributed by atoms with E-state index in [-0.39, 0.29) is 5.41 Å². The lowest BCUT2D eigenvalue weighted by Gasteiger charge is -2.23. The Morgan fingerprint density at radius 2 is 1.83 bits per heavy atom. The molecule has 2 rings (SSSR count). The predicted molar refractivity (Wildman–Crippen MR) is 77.1 cm³/mol. The van der Waals surface area contributed by atoms with Gasteiger partial charge in [-0.1, -0.05) is 57.7 Å². The molecule has 1 aromatic carbocycles. The van der Waals surface area contributed by atoms with Gasteiger partial charge in [0.1, 0.15) is 5.78 Å². The number of benzene rings is 1. The number of Topliss-reactive ketones (excluding diaryl/α,β-unsaturated/α-hetero) is 1. The van der Waals surface area contributed by atoms with Gasteiger partial charge in [-0.15, -0.1) is 0 Å². The molecule has 0 saturated carbocycles. The first-order valence-electron chi connectivity index (χ1n) is 6.48. The van der Waals surface area contributed by atoms with E-state index in [4.69, 9.17) is 0 Å². The molecule has 1 aliphatic carbocycles. The average molecular weight is 240 g/mol. The predicted octanol–water partition coefficient (Wildman–Crippen LogP) is 4.49. The van der Waals surface area contributed by atoms with Gasteiger partial charge in [-0.3, -0.25) is 4.79 Å². The number of ketones is 1. The third-order valence-electron chi connectivity index (χ3n) is 3.68. The van der Waals surface area contributed by atoms with E-state index in [1.165, 1.54) is 16.7 Å². The number of fused-ring (bicyclic) bond motifs is 1. The maximum atomic E-state index is 12.0. The third kappa shape index (κ3) is 2.17. The van der Waals surface area contributed by atoms with E-state index in [2.05, 4.69) is 24.8 Å². The SMILES string of the molecule is C=C1C=C(CC(C)(C)C(=O)CC)c2ccccc21. The lowest BCUT2D eigenvalue weighted by Crippen LogP contribution is -2.23. The maximum Gasteiger partial charge on any atom is 0.138 e. The number of hydrogen-bond donors (Lipinski definition) is 0. The van der Waals surface area contributed by atoms with Crippen molar-refractivity contribution in [2.45, 2.75) is 33.6 Å². The van der Waals surface area contributed by atoms with Crippen molar-refractivity contribution in [2.75, 3.05) is 0 Å². The summed E-state index contributed by atoms with van der Waals surface area (Å²) in [6.07, 6.45) is 3.51. The van der Waals surface area contributed by atoms with Crippen molar-refractivity contribution in [1.82, 2.24) is 0 Å². The minimum Gasteiger partial charge on any atom is -0.299 e. The Balaban J connectivity index is 2.30. The third-order valence-corrected chi connectivity index (χ3v) is 3.68. The smallest absolute Gasteiger partial charge is 0.138 e. The van der Waals surface area contributed by atoms with Crippen molar-refractivity contribution in [1.29, 1.82) is 0 Å². The number of carbonyl (C=O) groups is 1. The normalized spacial score (nSPS) is 14.4. The van der Waals surface area contributed by atoms with Crippen molar-refractivity contribution in [3.05, 3.63) is 48.0 Å². The second-order valence-corrected chi connectivity index (χ2v) is 5.58. The molecule has 0 bridgehead atoms. The largest absolute Gasteiger partial charge is 0.299 e. The van der Waals surface area contributed by atoms with Crippen LogP contribution in [0.25, 0.3) is 11.1 Å². The van der Waals surface area contributed by atoms with Crippen LogP contribution in [0.3, 0.4) is 0 Å². The van der Waals surface area contributed by atoms with E-state index in [1.807, 2.05) is 32.9 Å². The van der Waals surface area contributed by atoms with E-state index < -0.39 is 0 Å². The molecule has 1 aromatic rings. The summed E-state index contributed by atoms with van der Waals surface area (Å²) in [4.78, 5) is 12.0. The summed E-state index contributed by atoms with van der Waals surface area (Å²) in [5.74, 6) is 0.318. The highest BCUT2D eigenvalue weighted by molar-refractivity contribution is 5.96. The molecule has 0 atom stereocenters. The number of carbonyl (C=O) groups excluding carboxylic acids is 1. The van der Waals surface area contributed by atoms with Gasteiger partial charge >= 0.3 is 0 Å². The zero-order valence-corrected chi connectivity index (χ0v) is 11.4. The van der Waals surface area contributed by atoms with Crippen LogP contribution >= 0.6 is 0 Å². The molecule has 0 fully saturated rings. The number of rotatable bonds is 4. The molecule has 1 nitrogen and oxygen atoms in total. The van der Waals surface area contributed by atoms with Gasteiger partial charge in [0.2, 0.25) is 0 Å². The second-order valence-electron chi connectivity index (χ2n) is 5.58. The molecule has 0 spiro atoms. The average Bonchev–Trinajstić information content (AvgIpc) is 2.65. The van der Waals surface area contributed by atoms with Gasteiger partial charge in [-0.05, 0) is 28.7 Å². The molecule has 94 valence electrons. The lowest BCUT2D eigenvalue weighted by molar-refractivity contribution is -0.126. The number of hydrogen-bond acceptors (Lipinski definition) is 1. The summed E-state index contributed by atoms with van der Waals surface area (Å²) in [7, 11) is 0. The molecule has 1 aliphatic rings. The molecular formula is C17H20O. The van der Waals surface area contributed by atoms with Gasteiger partial charge in [0, 0.05) is 11.8 Å².